The lowest BCUT2D eigenvalue weighted by molar-refractivity contribution is 0.452. The molecule has 0 fully saturated rings. The van der Waals surface area contributed by atoms with Gasteiger partial charge in [0, 0.05) is 26.0 Å². The molecule has 0 bridgehead atoms. The van der Waals surface area contributed by atoms with Crippen LogP contribution in [-0.4, -0.2) is 35.4 Å². The fourth-order valence-electron chi connectivity index (χ4n) is 1.64. The summed E-state index contributed by atoms with van der Waals surface area (Å²) >= 11 is 0. The fraction of sp³-hybridized carbons (Fsp3) is 0.133. The van der Waals surface area contributed by atoms with Crippen LogP contribution in [0.1, 0.15) is 5.56 Å². The van der Waals surface area contributed by atoms with Gasteiger partial charge in [-0.2, -0.15) is 4.98 Å². The largest absolute Gasteiger partial charge is 0.493 e. The highest BCUT2D eigenvalue weighted by atomic mass is 16.3. The first-order chi connectivity index (χ1) is 10.0. The molecular formula is C15H16N4O2. The number of H-pyrrole nitrogens is 1. The third-order valence-electron chi connectivity index (χ3n) is 2.70. The van der Waals surface area contributed by atoms with E-state index < -0.39 is 5.56 Å². The second-order valence-corrected chi connectivity index (χ2v) is 4.55. The van der Waals surface area contributed by atoms with Gasteiger partial charge in [-0.25, -0.2) is 4.99 Å². The maximum Gasteiger partial charge on any atom is 0.256 e. The van der Waals surface area contributed by atoms with E-state index in [0.29, 0.717) is 0 Å². The minimum atomic E-state index is -0.446. The van der Waals surface area contributed by atoms with Crippen molar-refractivity contribution in [3.63, 3.8) is 0 Å². The number of allylic oxidation sites excluding steroid dienone is 1. The van der Waals surface area contributed by atoms with Gasteiger partial charge >= 0.3 is 0 Å². The number of benzene rings is 1. The van der Waals surface area contributed by atoms with Crippen molar-refractivity contribution in [1.29, 1.82) is 0 Å². The molecule has 0 saturated heterocycles. The van der Waals surface area contributed by atoms with Crippen molar-refractivity contribution in [3.8, 4) is 5.88 Å². The van der Waals surface area contributed by atoms with E-state index in [-0.39, 0.29) is 11.8 Å². The van der Waals surface area contributed by atoms with Crippen molar-refractivity contribution in [2.75, 3.05) is 19.0 Å². The molecule has 0 unspecified atom stereocenters. The molecule has 0 radical (unpaired) electrons. The predicted molar refractivity (Wildman–Crippen MR) is 84.5 cm³/mol. The number of aromatic amines is 1. The second kappa shape index (κ2) is 6.51. The van der Waals surface area contributed by atoms with Crippen molar-refractivity contribution in [2.45, 2.75) is 0 Å². The lowest BCUT2D eigenvalue weighted by Gasteiger charge is -2.11. The number of nitrogens with zero attached hydrogens (tertiary/aromatic N) is 3. The number of aromatic hydroxyl groups is 1. The van der Waals surface area contributed by atoms with Gasteiger partial charge in [-0.05, 0) is 23.8 Å². The molecule has 0 aliphatic carbocycles. The lowest BCUT2D eigenvalue weighted by Crippen LogP contribution is -2.07. The maximum absolute atomic E-state index is 11.1. The van der Waals surface area contributed by atoms with Crippen molar-refractivity contribution in [2.24, 2.45) is 4.99 Å². The topological polar surface area (TPSA) is 81.6 Å². The number of aromatic nitrogens is 2. The summed E-state index contributed by atoms with van der Waals surface area (Å²) in [5.41, 5.74) is 1.71. The van der Waals surface area contributed by atoms with E-state index in [0.717, 1.165) is 17.3 Å². The summed E-state index contributed by atoms with van der Waals surface area (Å²) in [7, 11) is 3.97. The summed E-state index contributed by atoms with van der Waals surface area (Å²) in [5, 5.41) is 9.17. The van der Waals surface area contributed by atoms with Crippen LogP contribution in [0, 0.1) is 0 Å². The van der Waals surface area contributed by atoms with Gasteiger partial charge in [-0.3, -0.25) is 9.78 Å². The third kappa shape index (κ3) is 4.31. The molecule has 0 spiro atoms. The number of nitrogens with one attached hydrogen (secondary N) is 1. The van der Waals surface area contributed by atoms with E-state index in [1.165, 1.54) is 6.21 Å². The van der Waals surface area contributed by atoms with Crippen LogP contribution >= 0.6 is 0 Å². The molecular weight excluding hydrogens is 268 g/mol. The molecule has 6 heteroatoms. The quantitative estimate of drug-likeness (QED) is 0.841. The molecule has 0 amide bonds. The molecule has 1 aromatic carbocycles. The van der Waals surface area contributed by atoms with E-state index >= 15 is 0 Å². The van der Waals surface area contributed by atoms with E-state index in [4.69, 9.17) is 0 Å². The molecule has 2 rings (SSSR count). The average Bonchev–Trinajstić information content (AvgIpc) is 2.43. The maximum atomic E-state index is 11.1. The highest BCUT2D eigenvalue weighted by Gasteiger charge is 1.96. The summed E-state index contributed by atoms with van der Waals surface area (Å²) in [6.45, 7) is 0. The highest BCUT2D eigenvalue weighted by molar-refractivity contribution is 5.79. The summed E-state index contributed by atoms with van der Waals surface area (Å²) in [5.74, 6) is -0.290. The first-order valence-electron chi connectivity index (χ1n) is 6.33. The summed E-state index contributed by atoms with van der Waals surface area (Å²) in [4.78, 5) is 23.1. The molecule has 0 aliphatic rings. The van der Waals surface area contributed by atoms with Gasteiger partial charge in [-0.15, -0.1) is 0 Å². The number of rotatable bonds is 4. The molecule has 1 aromatic heterocycles. The SMILES string of the molecule is CN(C)c1ccc(/C=C/C=N/c2nc(O)cc(=O)[nH]2)cc1. The summed E-state index contributed by atoms with van der Waals surface area (Å²) in [6.07, 6.45) is 5.11. The van der Waals surface area contributed by atoms with Gasteiger partial charge in [0.25, 0.3) is 5.56 Å². The van der Waals surface area contributed by atoms with E-state index in [1.54, 1.807) is 6.08 Å². The smallest absolute Gasteiger partial charge is 0.256 e. The van der Waals surface area contributed by atoms with Crippen molar-refractivity contribution in [3.05, 3.63) is 52.3 Å². The monoisotopic (exact) mass is 284 g/mol. The molecule has 0 atom stereocenters. The zero-order valence-electron chi connectivity index (χ0n) is 11.8. The zero-order valence-corrected chi connectivity index (χ0v) is 11.8. The first kappa shape index (κ1) is 14.5. The van der Waals surface area contributed by atoms with Crippen LogP contribution in [0.3, 0.4) is 0 Å². The Bertz CT molecular complexity index is 715. The Morgan fingerprint density at radius 1 is 1.29 bits per heavy atom. The first-order valence-corrected chi connectivity index (χ1v) is 6.33. The molecule has 1 heterocycles. The summed E-state index contributed by atoms with van der Waals surface area (Å²) in [6, 6.07) is 9.01. The third-order valence-corrected chi connectivity index (χ3v) is 2.70. The number of anilines is 1. The van der Waals surface area contributed by atoms with Crippen LogP contribution in [0.15, 0.2) is 46.2 Å². The van der Waals surface area contributed by atoms with Crippen LogP contribution in [0.2, 0.25) is 0 Å². The molecule has 0 saturated carbocycles. The minimum absolute atomic E-state index is 0.0626. The molecule has 21 heavy (non-hydrogen) atoms. The van der Waals surface area contributed by atoms with Gasteiger partial charge in [-0.1, -0.05) is 18.2 Å². The highest BCUT2D eigenvalue weighted by Crippen LogP contribution is 2.13. The fourth-order valence-corrected chi connectivity index (χ4v) is 1.64. The Kier molecular flexibility index (Phi) is 4.50. The van der Waals surface area contributed by atoms with Crippen LogP contribution in [-0.2, 0) is 0 Å². The van der Waals surface area contributed by atoms with Gasteiger partial charge in [0.2, 0.25) is 11.8 Å². The molecule has 0 aliphatic heterocycles. The second-order valence-electron chi connectivity index (χ2n) is 4.55. The van der Waals surface area contributed by atoms with Gasteiger partial charge in [0.05, 0.1) is 6.07 Å². The van der Waals surface area contributed by atoms with Crippen molar-refractivity contribution in [1.82, 2.24) is 9.97 Å². The number of hydrogen-bond acceptors (Lipinski definition) is 5. The Morgan fingerprint density at radius 2 is 2.00 bits per heavy atom. The predicted octanol–water partition coefficient (Wildman–Crippen LogP) is 1.96. The van der Waals surface area contributed by atoms with E-state index in [2.05, 4.69) is 15.0 Å². The van der Waals surface area contributed by atoms with Crippen LogP contribution in [0.5, 0.6) is 5.88 Å². The van der Waals surface area contributed by atoms with Gasteiger partial charge < -0.3 is 10.0 Å². The van der Waals surface area contributed by atoms with E-state index in [9.17, 15) is 9.90 Å². The Morgan fingerprint density at radius 3 is 2.62 bits per heavy atom. The van der Waals surface area contributed by atoms with Crippen LogP contribution in [0.25, 0.3) is 6.08 Å². The number of hydrogen-bond donors (Lipinski definition) is 2. The van der Waals surface area contributed by atoms with Crippen LogP contribution in [0.4, 0.5) is 11.6 Å². The molecule has 108 valence electrons. The molecule has 6 nitrogen and oxygen atoms in total. The molecule has 2 aromatic rings. The Balaban J connectivity index is 2.04. The number of aliphatic imine (C=N–C) groups is 1. The van der Waals surface area contributed by atoms with Crippen molar-refractivity contribution < 1.29 is 5.11 Å². The molecule has 2 N–H and O–H groups in total. The normalized spacial score (nSPS) is 11.3. The van der Waals surface area contributed by atoms with Crippen molar-refractivity contribution >= 4 is 23.9 Å². The van der Waals surface area contributed by atoms with Gasteiger partial charge in [0.15, 0.2) is 0 Å². The van der Waals surface area contributed by atoms with Crippen LogP contribution < -0.4 is 10.5 Å². The Hall–Kier alpha value is -2.89. The average molecular weight is 284 g/mol. The lowest BCUT2D eigenvalue weighted by atomic mass is 10.2. The minimum Gasteiger partial charge on any atom is -0.493 e. The van der Waals surface area contributed by atoms with Gasteiger partial charge in [0.1, 0.15) is 0 Å². The Labute approximate surface area is 122 Å². The van der Waals surface area contributed by atoms with E-state index in [1.807, 2.05) is 49.3 Å². The summed E-state index contributed by atoms with van der Waals surface area (Å²) < 4.78 is 0. The zero-order chi connectivity index (χ0) is 15.2. The standard InChI is InChI=1S/C15H16N4O2/c1-19(2)12-7-5-11(6-8-12)4-3-9-16-15-17-13(20)10-14(21)18-15/h3-10H,1-2H3,(H2,17,18,20,21)/b4-3+,16-9+.